The highest BCUT2D eigenvalue weighted by Gasteiger charge is 2.52. The highest BCUT2D eigenvalue weighted by molar-refractivity contribution is 5.90. The van der Waals surface area contributed by atoms with Gasteiger partial charge in [-0.25, -0.2) is 9.13 Å². The summed E-state index contributed by atoms with van der Waals surface area (Å²) in [6.07, 6.45) is 11.7. The molecule has 1 heterocycles. The predicted molar refractivity (Wildman–Crippen MR) is 75.0 cm³/mol. The Balaban J connectivity index is 1.58. The summed E-state index contributed by atoms with van der Waals surface area (Å²) in [7, 11) is 3.88. The van der Waals surface area contributed by atoms with E-state index in [1.807, 2.05) is 35.6 Å². The Morgan fingerprint density at radius 2 is 1.80 bits per heavy atom. The van der Waals surface area contributed by atoms with E-state index in [1.54, 1.807) is 0 Å². The Bertz CT molecular complexity index is 505. The van der Waals surface area contributed by atoms with Crippen molar-refractivity contribution in [1.82, 2.24) is 9.88 Å². The normalized spacial score (nSPS) is 38.2. The van der Waals surface area contributed by atoms with Gasteiger partial charge in [-0.3, -0.25) is 4.79 Å². The Hall–Kier alpha value is -1.32. The lowest BCUT2D eigenvalue weighted by atomic mass is 9.53. The topological polar surface area (TPSA) is 37.9 Å². The van der Waals surface area contributed by atoms with Gasteiger partial charge in [0.2, 0.25) is 0 Å². The maximum absolute atomic E-state index is 12.7. The van der Waals surface area contributed by atoms with Crippen LogP contribution in [0.5, 0.6) is 0 Å². The van der Waals surface area contributed by atoms with Crippen LogP contribution in [0.3, 0.4) is 0 Å². The first-order valence-corrected chi connectivity index (χ1v) is 7.88. The van der Waals surface area contributed by atoms with Crippen molar-refractivity contribution < 1.29 is 9.36 Å². The molecule has 0 aliphatic heterocycles. The SMILES string of the molecule is Cn1cc[n+](C)c1C(=O)NC12CC3CC(CC(C3)C1)C2. The number of nitrogens with zero attached hydrogens (tertiary/aromatic N) is 2. The fourth-order valence-corrected chi connectivity index (χ4v) is 5.47. The van der Waals surface area contributed by atoms with E-state index in [1.165, 1.54) is 38.5 Å². The van der Waals surface area contributed by atoms with Crippen LogP contribution in [-0.2, 0) is 14.1 Å². The largest absolute Gasteiger partial charge is 0.347 e. The molecular weight excluding hydrogens is 250 g/mol. The zero-order valence-electron chi connectivity index (χ0n) is 12.4. The first-order valence-electron chi connectivity index (χ1n) is 7.88. The molecule has 20 heavy (non-hydrogen) atoms. The fourth-order valence-electron chi connectivity index (χ4n) is 5.47. The molecule has 0 atom stereocenters. The summed E-state index contributed by atoms with van der Waals surface area (Å²) in [5.74, 6) is 3.44. The molecule has 0 aromatic carbocycles. The van der Waals surface area contributed by atoms with Crippen molar-refractivity contribution in [2.75, 3.05) is 0 Å². The molecule has 1 N–H and O–H groups in total. The third kappa shape index (κ3) is 1.80. The van der Waals surface area contributed by atoms with E-state index in [2.05, 4.69) is 5.32 Å². The molecule has 0 radical (unpaired) electrons. The summed E-state index contributed by atoms with van der Waals surface area (Å²) in [5.41, 5.74) is 0.100. The van der Waals surface area contributed by atoms with Crippen LogP contribution in [0.2, 0.25) is 0 Å². The van der Waals surface area contributed by atoms with Crippen LogP contribution in [-0.4, -0.2) is 16.0 Å². The summed E-state index contributed by atoms with van der Waals surface area (Å²) in [5, 5.41) is 3.43. The maximum atomic E-state index is 12.7. The van der Waals surface area contributed by atoms with Crippen molar-refractivity contribution in [3.63, 3.8) is 0 Å². The van der Waals surface area contributed by atoms with Gasteiger partial charge < -0.3 is 5.32 Å². The molecule has 1 amide bonds. The maximum Gasteiger partial charge on any atom is 0.347 e. The summed E-state index contributed by atoms with van der Waals surface area (Å²) >= 11 is 0. The first kappa shape index (κ1) is 12.4. The molecule has 1 aromatic rings. The van der Waals surface area contributed by atoms with Crippen LogP contribution in [0.1, 0.15) is 49.1 Å². The smallest absolute Gasteiger partial charge is 0.340 e. The molecule has 4 aliphatic carbocycles. The molecule has 108 valence electrons. The molecule has 0 spiro atoms. The minimum Gasteiger partial charge on any atom is -0.340 e. The van der Waals surface area contributed by atoms with Gasteiger partial charge in [-0.2, -0.15) is 0 Å². The molecule has 0 unspecified atom stereocenters. The molecular formula is C16H24N3O+. The fraction of sp³-hybridized carbons (Fsp3) is 0.750. The van der Waals surface area contributed by atoms with Crippen LogP contribution in [0.25, 0.3) is 0 Å². The number of aryl methyl sites for hydroxylation is 2. The van der Waals surface area contributed by atoms with Crippen molar-refractivity contribution in [2.24, 2.45) is 31.8 Å². The lowest BCUT2D eigenvalue weighted by molar-refractivity contribution is -0.673. The number of nitrogens with one attached hydrogen (secondary N) is 1. The highest BCUT2D eigenvalue weighted by atomic mass is 16.2. The number of hydrogen-bond donors (Lipinski definition) is 1. The van der Waals surface area contributed by atoms with Gasteiger partial charge in [0, 0.05) is 5.54 Å². The third-order valence-corrected chi connectivity index (χ3v) is 5.80. The Morgan fingerprint density at radius 1 is 1.25 bits per heavy atom. The van der Waals surface area contributed by atoms with Crippen LogP contribution in [0.4, 0.5) is 0 Å². The molecule has 4 heteroatoms. The molecule has 4 nitrogen and oxygen atoms in total. The monoisotopic (exact) mass is 274 g/mol. The quantitative estimate of drug-likeness (QED) is 0.816. The van der Waals surface area contributed by atoms with Crippen molar-refractivity contribution >= 4 is 5.91 Å². The van der Waals surface area contributed by atoms with E-state index in [0.29, 0.717) is 0 Å². The summed E-state index contributed by atoms with van der Waals surface area (Å²) in [6.45, 7) is 0. The van der Waals surface area contributed by atoms with Crippen LogP contribution < -0.4 is 9.88 Å². The molecule has 4 aliphatic rings. The van der Waals surface area contributed by atoms with Crippen molar-refractivity contribution in [3.05, 3.63) is 18.2 Å². The molecule has 5 rings (SSSR count). The van der Waals surface area contributed by atoms with E-state index in [9.17, 15) is 4.79 Å². The van der Waals surface area contributed by atoms with Crippen LogP contribution in [0.15, 0.2) is 12.4 Å². The van der Waals surface area contributed by atoms with Crippen molar-refractivity contribution in [3.8, 4) is 0 Å². The number of imidazole rings is 1. The lowest BCUT2D eigenvalue weighted by Gasteiger charge is -2.56. The average Bonchev–Trinajstić information content (AvgIpc) is 2.66. The van der Waals surface area contributed by atoms with Gasteiger partial charge in [0.05, 0.1) is 14.1 Å². The lowest BCUT2D eigenvalue weighted by Crippen LogP contribution is -2.61. The van der Waals surface area contributed by atoms with Gasteiger partial charge >= 0.3 is 11.7 Å². The molecule has 4 fully saturated rings. The molecule has 1 aromatic heterocycles. The average molecular weight is 274 g/mol. The van der Waals surface area contributed by atoms with Gasteiger partial charge in [-0.1, -0.05) is 0 Å². The standard InChI is InChI=1S/C16H23N3O/c1-18-3-4-19(2)15(18)14(20)17-16-8-11-5-12(9-16)7-13(6-11)10-16/h3-4,11-13H,5-10H2,1-2H3/p+1. The number of carbonyl (C=O) groups excluding carboxylic acids is 1. The van der Waals surface area contributed by atoms with Crippen molar-refractivity contribution in [1.29, 1.82) is 0 Å². The number of amides is 1. The first-order chi connectivity index (χ1) is 9.55. The zero-order valence-corrected chi connectivity index (χ0v) is 12.4. The second-order valence-corrected chi connectivity index (χ2v) is 7.50. The third-order valence-electron chi connectivity index (χ3n) is 5.80. The van der Waals surface area contributed by atoms with Gasteiger partial charge in [-0.15, -0.1) is 0 Å². The van der Waals surface area contributed by atoms with E-state index in [0.717, 1.165) is 23.6 Å². The van der Waals surface area contributed by atoms with Crippen LogP contribution >= 0.6 is 0 Å². The Morgan fingerprint density at radius 3 is 2.25 bits per heavy atom. The number of aromatic nitrogens is 2. The van der Waals surface area contributed by atoms with Gasteiger partial charge in [0.1, 0.15) is 12.4 Å². The molecule has 4 saturated carbocycles. The van der Waals surface area contributed by atoms with E-state index >= 15 is 0 Å². The van der Waals surface area contributed by atoms with Gasteiger partial charge in [0.15, 0.2) is 0 Å². The minimum absolute atomic E-state index is 0.0990. The summed E-state index contributed by atoms with van der Waals surface area (Å²) in [4.78, 5) is 12.7. The van der Waals surface area contributed by atoms with E-state index < -0.39 is 0 Å². The van der Waals surface area contributed by atoms with Gasteiger partial charge in [0.25, 0.3) is 0 Å². The summed E-state index contributed by atoms with van der Waals surface area (Å²) in [6, 6.07) is 0. The second kappa shape index (κ2) is 4.09. The highest BCUT2D eigenvalue weighted by Crippen LogP contribution is 2.55. The van der Waals surface area contributed by atoms with Gasteiger partial charge in [-0.05, 0) is 56.3 Å². The minimum atomic E-state index is 0.0990. The second-order valence-electron chi connectivity index (χ2n) is 7.50. The van der Waals surface area contributed by atoms with Crippen LogP contribution in [0, 0.1) is 17.8 Å². The number of hydrogen-bond acceptors (Lipinski definition) is 1. The summed E-state index contributed by atoms with van der Waals surface area (Å²) < 4.78 is 3.83. The Labute approximate surface area is 120 Å². The number of carbonyl (C=O) groups is 1. The molecule has 0 saturated heterocycles. The van der Waals surface area contributed by atoms with E-state index in [4.69, 9.17) is 0 Å². The van der Waals surface area contributed by atoms with Crippen molar-refractivity contribution in [2.45, 2.75) is 44.1 Å². The Kier molecular flexibility index (Phi) is 2.54. The zero-order chi connectivity index (χ0) is 13.9. The predicted octanol–water partition coefficient (Wildman–Crippen LogP) is 1.55. The van der Waals surface area contributed by atoms with E-state index in [-0.39, 0.29) is 11.4 Å². The molecule has 4 bridgehead atoms. The number of rotatable bonds is 2.